The van der Waals surface area contributed by atoms with Crippen LogP contribution >= 0.6 is 11.3 Å². The topological polar surface area (TPSA) is 15.8 Å². The van der Waals surface area contributed by atoms with Gasteiger partial charge in [-0.1, -0.05) is 72.8 Å². The second-order valence-corrected chi connectivity index (χ2v) is 7.77. The van der Waals surface area contributed by atoms with Gasteiger partial charge in [0.2, 0.25) is 0 Å². The van der Waals surface area contributed by atoms with E-state index in [0.717, 1.165) is 0 Å². The Hall–Kier alpha value is -3.10. The molecule has 0 aliphatic rings. The van der Waals surface area contributed by atoms with Gasteiger partial charge in [-0.05, 0) is 23.3 Å². The van der Waals surface area contributed by atoms with Gasteiger partial charge < -0.3 is 4.98 Å². The second-order valence-electron chi connectivity index (χ2n) is 6.71. The largest absolute Gasteiger partial charge is 0.353 e. The third-order valence-electron chi connectivity index (χ3n) is 5.23. The third-order valence-corrected chi connectivity index (χ3v) is 6.41. The molecule has 0 spiro atoms. The van der Waals surface area contributed by atoms with Crippen molar-refractivity contribution < 1.29 is 0 Å². The lowest BCUT2D eigenvalue weighted by Gasteiger charge is -2.01. The number of para-hydroxylation sites is 1. The van der Waals surface area contributed by atoms with Gasteiger partial charge in [-0.25, -0.2) is 0 Å². The summed E-state index contributed by atoms with van der Waals surface area (Å²) < 4.78 is 2.69. The molecule has 0 amide bonds. The molecular formula is C24H15NS. The molecule has 0 saturated heterocycles. The molecule has 2 heterocycles. The fraction of sp³-hybridized carbons (Fsp3) is 0. The SMILES string of the molecule is c1ccc(-c2ccc3c(c2)sc2c3ccc3c4ccccc4[nH]c32)cc1. The minimum atomic E-state index is 1.21. The van der Waals surface area contributed by atoms with Gasteiger partial charge in [0.05, 0.1) is 10.2 Å². The van der Waals surface area contributed by atoms with E-state index >= 15 is 0 Å². The first-order valence-electron chi connectivity index (χ1n) is 8.79. The molecule has 4 aromatic carbocycles. The van der Waals surface area contributed by atoms with E-state index in [1.807, 2.05) is 11.3 Å². The van der Waals surface area contributed by atoms with Gasteiger partial charge in [-0.2, -0.15) is 0 Å². The van der Waals surface area contributed by atoms with Crippen LogP contribution in [-0.2, 0) is 0 Å². The summed E-state index contributed by atoms with van der Waals surface area (Å²) in [5, 5.41) is 5.28. The average Bonchev–Trinajstić information content (AvgIpc) is 3.26. The summed E-state index contributed by atoms with van der Waals surface area (Å²) in [5.74, 6) is 0. The highest BCUT2D eigenvalue weighted by Crippen LogP contribution is 2.41. The Morgan fingerprint density at radius 2 is 1.35 bits per heavy atom. The van der Waals surface area contributed by atoms with Gasteiger partial charge in [-0.15, -0.1) is 11.3 Å². The predicted octanol–water partition coefficient (Wildman–Crippen LogP) is 7.36. The lowest BCUT2D eigenvalue weighted by atomic mass is 10.0. The first-order chi connectivity index (χ1) is 12.9. The van der Waals surface area contributed by atoms with E-state index in [-0.39, 0.29) is 0 Å². The van der Waals surface area contributed by atoms with Gasteiger partial charge in [0.1, 0.15) is 0 Å². The Balaban J connectivity index is 1.69. The van der Waals surface area contributed by atoms with Crippen LogP contribution in [0.2, 0.25) is 0 Å². The van der Waals surface area contributed by atoms with Gasteiger partial charge in [0.25, 0.3) is 0 Å². The van der Waals surface area contributed by atoms with Crippen LogP contribution in [0.5, 0.6) is 0 Å². The van der Waals surface area contributed by atoms with Gasteiger partial charge >= 0.3 is 0 Å². The number of H-pyrrole nitrogens is 1. The maximum absolute atomic E-state index is 3.64. The maximum Gasteiger partial charge on any atom is 0.0646 e. The minimum absolute atomic E-state index is 1.21. The lowest BCUT2D eigenvalue weighted by molar-refractivity contribution is 1.57. The molecule has 6 rings (SSSR count). The van der Waals surface area contributed by atoms with Crippen LogP contribution in [0.25, 0.3) is 53.1 Å². The number of fused-ring (bicyclic) bond motifs is 7. The fourth-order valence-corrected chi connectivity index (χ4v) is 5.21. The number of nitrogens with one attached hydrogen (secondary N) is 1. The molecule has 2 heteroatoms. The first-order valence-corrected chi connectivity index (χ1v) is 9.61. The van der Waals surface area contributed by atoms with E-state index < -0.39 is 0 Å². The van der Waals surface area contributed by atoms with Crippen LogP contribution in [-0.4, -0.2) is 4.98 Å². The number of rotatable bonds is 1. The zero-order valence-corrected chi connectivity index (χ0v) is 14.8. The highest BCUT2D eigenvalue weighted by Gasteiger charge is 2.12. The number of aromatic amines is 1. The smallest absolute Gasteiger partial charge is 0.0646 e. The predicted molar refractivity (Wildman–Crippen MR) is 114 cm³/mol. The molecule has 0 radical (unpaired) electrons. The van der Waals surface area contributed by atoms with Crippen molar-refractivity contribution in [2.24, 2.45) is 0 Å². The molecule has 0 unspecified atom stereocenters. The average molecular weight is 349 g/mol. The lowest BCUT2D eigenvalue weighted by Crippen LogP contribution is -1.75. The minimum Gasteiger partial charge on any atom is -0.353 e. The Morgan fingerprint density at radius 3 is 2.27 bits per heavy atom. The monoisotopic (exact) mass is 349 g/mol. The first kappa shape index (κ1) is 14.1. The number of aromatic nitrogens is 1. The molecule has 2 aromatic heterocycles. The van der Waals surface area contributed by atoms with Gasteiger partial charge in [-0.3, -0.25) is 0 Å². The van der Waals surface area contributed by atoms with Crippen LogP contribution in [0, 0.1) is 0 Å². The van der Waals surface area contributed by atoms with E-state index in [4.69, 9.17) is 0 Å². The van der Waals surface area contributed by atoms with E-state index in [2.05, 4.69) is 89.9 Å². The summed E-state index contributed by atoms with van der Waals surface area (Å²) in [6.45, 7) is 0. The molecule has 0 fully saturated rings. The Bertz CT molecular complexity index is 1420. The van der Waals surface area contributed by atoms with Crippen LogP contribution in [0.1, 0.15) is 0 Å². The zero-order chi connectivity index (χ0) is 17.1. The van der Waals surface area contributed by atoms with Crippen LogP contribution in [0.3, 0.4) is 0 Å². The van der Waals surface area contributed by atoms with E-state index in [9.17, 15) is 0 Å². The molecule has 1 nitrogen and oxygen atoms in total. The van der Waals surface area contributed by atoms with E-state index in [1.165, 1.54) is 53.1 Å². The van der Waals surface area contributed by atoms with Crippen molar-refractivity contribution in [3.8, 4) is 11.1 Å². The Labute approximate surface area is 154 Å². The van der Waals surface area contributed by atoms with E-state index in [1.54, 1.807) is 0 Å². The van der Waals surface area contributed by atoms with Crippen molar-refractivity contribution in [1.29, 1.82) is 0 Å². The van der Waals surface area contributed by atoms with Crippen molar-refractivity contribution in [2.45, 2.75) is 0 Å². The third kappa shape index (κ3) is 1.91. The number of benzene rings is 4. The highest BCUT2D eigenvalue weighted by molar-refractivity contribution is 7.26. The molecular weight excluding hydrogens is 334 g/mol. The summed E-state index contributed by atoms with van der Waals surface area (Å²) in [7, 11) is 0. The summed E-state index contributed by atoms with van der Waals surface area (Å²) in [6, 6.07) is 30.5. The number of hydrogen-bond acceptors (Lipinski definition) is 1. The highest BCUT2D eigenvalue weighted by atomic mass is 32.1. The standard InChI is InChI=1S/C24H15NS/c1-2-6-15(7-3-1)16-10-11-18-20-13-12-19-17-8-4-5-9-21(17)25-23(19)24(20)26-22(18)14-16/h1-14,25H. The van der Waals surface area contributed by atoms with Crippen molar-refractivity contribution in [3.63, 3.8) is 0 Å². The van der Waals surface area contributed by atoms with Gasteiger partial charge in [0, 0.05) is 31.8 Å². The molecule has 0 bridgehead atoms. The molecule has 0 saturated carbocycles. The molecule has 0 atom stereocenters. The number of thiophene rings is 1. The second kappa shape index (κ2) is 5.20. The van der Waals surface area contributed by atoms with Crippen molar-refractivity contribution in [2.75, 3.05) is 0 Å². The molecule has 6 aromatic rings. The van der Waals surface area contributed by atoms with Crippen molar-refractivity contribution >= 4 is 53.3 Å². The van der Waals surface area contributed by atoms with Gasteiger partial charge in [0.15, 0.2) is 0 Å². The molecule has 26 heavy (non-hydrogen) atoms. The number of hydrogen-bond donors (Lipinski definition) is 1. The fourth-order valence-electron chi connectivity index (χ4n) is 3.96. The van der Waals surface area contributed by atoms with Crippen LogP contribution in [0.4, 0.5) is 0 Å². The Kier molecular flexibility index (Phi) is 2.82. The quantitative estimate of drug-likeness (QED) is 0.319. The summed E-state index contributed by atoms with van der Waals surface area (Å²) in [6.07, 6.45) is 0. The zero-order valence-electron chi connectivity index (χ0n) is 14.0. The van der Waals surface area contributed by atoms with Crippen molar-refractivity contribution in [3.05, 3.63) is 84.9 Å². The summed E-state index contributed by atoms with van der Waals surface area (Å²) in [5.41, 5.74) is 5.00. The van der Waals surface area contributed by atoms with E-state index in [0.29, 0.717) is 0 Å². The van der Waals surface area contributed by atoms with Crippen LogP contribution < -0.4 is 0 Å². The molecule has 0 aliphatic carbocycles. The Morgan fingerprint density at radius 1 is 0.577 bits per heavy atom. The molecule has 0 aliphatic heterocycles. The molecule has 122 valence electrons. The van der Waals surface area contributed by atoms with Crippen LogP contribution in [0.15, 0.2) is 84.9 Å². The normalized spacial score (nSPS) is 11.8. The van der Waals surface area contributed by atoms with Crippen molar-refractivity contribution in [1.82, 2.24) is 4.98 Å². The molecule has 1 N–H and O–H groups in total. The summed E-state index contributed by atoms with van der Waals surface area (Å²) >= 11 is 1.88. The summed E-state index contributed by atoms with van der Waals surface area (Å²) in [4.78, 5) is 3.64. The maximum atomic E-state index is 3.64.